The summed E-state index contributed by atoms with van der Waals surface area (Å²) in [5.74, 6) is 0.723. The number of cyclic esters (lactones) is 1. The smallest absolute Gasteiger partial charge is 0.416 e. The molecule has 164 valence electrons. The van der Waals surface area contributed by atoms with Gasteiger partial charge in [-0.2, -0.15) is 0 Å². The number of hydrogen-bond acceptors (Lipinski definition) is 4. The van der Waals surface area contributed by atoms with Crippen LogP contribution in [0.5, 0.6) is 0 Å². The van der Waals surface area contributed by atoms with E-state index in [0.717, 1.165) is 36.8 Å². The molecule has 0 N–H and O–H groups in total. The lowest BCUT2D eigenvalue weighted by Crippen LogP contribution is -2.41. The number of para-hydroxylation sites is 1. The lowest BCUT2D eigenvalue weighted by atomic mass is 9.76. The molecule has 0 bridgehead atoms. The number of imide groups is 1. The highest BCUT2D eigenvalue weighted by molar-refractivity contribution is 5.93. The van der Waals surface area contributed by atoms with Crippen molar-refractivity contribution in [1.82, 2.24) is 9.88 Å². The summed E-state index contributed by atoms with van der Waals surface area (Å²) in [6, 6.07) is 20.2. The molecule has 2 heterocycles. The number of carbonyl (C=O) groups is 2. The first-order chi connectivity index (χ1) is 15.7. The fraction of sp³-hybridized carbons (Fsp3) is 0.370. The summed E-state index contributed by atoms with van der Waals surface area (Å²) < 4.78 is 5.24. The molecular formula is C27H28N2O3. The van der Waals surface area contributed by atoms with Crippen molar-refractivity contribution in [2.45, 2.75) is 50.5 Å². The maximum absolute atomic E-state index is 13.1. The second kappa shape index (κ2) is 9.11. The van der Waals surface area contributed by atoms with Crippen molar-refractivity contribution in [2.75, 3.05) is 6.61 Å². The third-order valence-corrected chi connectivity index (χ3v) is 6.98. The van der Waals surface area contributed by atoms with Crippen LogP contribution >= 0.6 is 0 Å². The third-order valence-electron chi connectivity index (χ3n) is 6.98. The van der Waals surface area contributed by atoms with Crippen molar-refractivity contribution in [3.05, 3.63) is 78.0 Å². The highest BCUT2D eigenvalue weighted by Crippen LogP contribution is 2.39. The first kappa shape index (κ1) is 20.7. The Bertz CT molecular complexity index is 1100. The number of nitrogens with zero attached hydrogens (tertiary/aromatic N) is 2. The van der Waals surface area contributed by atoms with Gasteiger partial charge in [0.05, 0.1) is 11.6 Å². The lowest BCUT2D eigenvalue weighted by Gasteiger charge is -2.30. The molecule has 5 rings (SSSR count). The number of ether oxygens (including phenoxy) is 1. The van der Waals surface area contributed by atoms with Crippen molar-refractivity contribution in [1.29, 1.82) is 0 Å². The minimum absolute atomic E-state index is 0.0914. The Labute approximate surface area is 188 Å². The van der Waals surface area contributed by atoms with Crippen molar-refractivity contribution >= 4 is 22.9 Å². The Morgan fingerprint density at radius 2 is 1.72 bits per heavy atom. The van der Waals surface area contributed by atoms with E-state index in [2.05, 4.69) is 29.2 Å². The van der Waals surface area contributed by atoms with E-state index >= 15 is 0 Å². The quantitative estimate of drug-likeness (QED) is 0.539. The van der Waals surface area contributed by atoms with Gasteiger partial charge < -0.3 is 4.74 Å². The standard InChI is InChI=1S/C27H28N2O3/c30-26(29-22(18-32-27(29)31)16-19-6-2-1-3-7-19)17-20-10-12-21(13-11-20)23-14-15-28-25-9-5-4-8-24(23)25/h1-9,14-15,20-22H,10-13,16-18H2/t20?,21?,22-/m1/s1. The topological polar surface area (TPSA) is 59.5 Å². The number of rotatable bonds is 5. The van der Waals surface area contributed by atoms with E-state index < -0.39 is 6.09 Å². The molecular weight excluding hydrogens is 400 g/mol. The summed E-state index contributed by atoms with van der Waals surface area (Å²) in [5, 5.41) is 1.23. The zero-order valence-electron chi connectivity index (χ0n) is 18.2. The van der Waals surface area contributed by atoms with Gasteiger partial charge in [-0.15, -0.1) is 0 Å². The summed E-state index contributed by atoms with van der Waals surface area (Å²) in [6.45, 7) is 0.279. The molecule has 2 fully saturated rings. The summed E-state index contributed by atoms with van der Waals surface area (Å²) in [6.07, 6.45) is 6.59. The molecule has 0 radical (unpaired) electrons. The van der Waals surface area contributed by atoms with Crippen molar-refractivity contribution in [3.63, 3.8) is 0 Å². The third kappa shape index (κ3) is 4.24. The molecule has 0 spiro atoms. The predicted molar refractivity (Wildman–Crippen MR) is 123 cm³/mol. The highest BCUT2D eigenvalue weighted by Gasteiger charge is 2.39. The number of pyridine rings is 1. The van der Waals surface area contributed by atoms with Crippen LogP contribution in [0.1, 0.15) is 49.1 Å². The van der Waals surface area contributed by atoms with Crippen LogP contribution in [0.15, 0.2) is 66.9 Å². The van der Waals surface area contributed by atoms with Crippen LogP contribution in [0, 0.1) is 5.92 Å². The minimum atomic E-state index is -0.493. The van der Waals surface area contributed by atoms with E-state index in [4.69, 9.17) is 4.74 Å². The van der Waals surface area contributed by atoms with Crippen molar-refractivity contribution < 1.29 is 14.3 Å². The second-order valence-electron chi connectivity index (χ2n) is 9.02. The number of fused-ring (bicyclic) bond motifs is 1. The van der Waals surface area contributed by atoms with Crippen LogP contribution in [0.4, 0.5) is 4.79 Å². The molecule has 1 saturated carbocycles. The van der Waals surface area contributed by atoms with Crippen LogP contribution in [0.3, 0.4) is 0 Å². The van der Waals surface area contributed by atoms with Gasteiger partial charge >= 0.3 is 6.09 Å². The lowest BCUT2D eigenvalue weighted by molar-refractivity contribution is -0.130. The molecule has 2 amide bonds. The van der Waals surface area contributed by atoms with Crippen LogP contribution < -0.4 is 0 Å². The molecule has 2 aromatic carbocycles. The Morgan fingerprint density at radius 1 is 0.969 bits per heavy atom. The maximum Gasteiger partial charge on any atom is 0.416 e. The summed E-state index contributed by atoms with van der Waals surface area (Å²) in [5.41, 5.74) is 3.52. The Morgan fingerprint density at radius 3 is 2.53 bits per heavy atom. The Hall–Kier alpha value is -3.21. The van der Waals surface area contributed by atoms with E-state index in [-0.39, 0.29) is 18.6 Å². The largest absolute Gasteiger partial charge is 0.447 e. The minimum Gasteiger partial charge on any atom is -0.447 e. The van der Waals surface area contributed by atoms with Crippen LogP contribution in [-0.4, -0.2) is 34.5 Å². The monoisotopic (exact) mass is 428 g/mol. The van der Waals surface area contributed by atoms with Gasteiger partial charge in [-0.3, -0.25) is 9.78 Å². The molecule has 5 heteroatoms. The van der Waals surface area contributed by atoms with Gasteiger partial charge in [0.25, 0.3) is 0 Å². The van der Waals surface area contributed by atoms with Crippen molar-refractivity contribution in [2.24, 2.45) is 5.92 Å². The van der Waals surface area contributed by atoms with Gasteiger partial charge in [0.2, 0.25) is 5.91 Å². The highest BCUT2D eigenvalue weighted by atomic mass is 16.6. The molecule has 5 nitrogen and oxygen atoms in total. The molecule has 1 aliphatic heterocycles. The fourth-order valence-corrected chi connectivity index (χ4v) is 5.30. The maximum atomic E-state index is 13.1. The zero-order valence-corrected chi connectivity index (χ0v) is 18.2. The summed E-state index contributed by atoms with van der Waals surface area (Å²) in [4.78, 5) is 31.2. The number of benzene rings is 2. The van der Waals surface area contributed by atoms with Crippen LogP contribution in [0.2, 0.25) is 0 Å². The van der Waals surface area contributed by atoms with Gasteiger partial charge in [-0.05, 0) is 67.2 Å². The average molecular weight is 429 g/mol. The molecule has 1 aliphatic carbocycles. The van der Waals surface area contributed by atoms with Gasteiger partial charge in [-0.25, -0.2) is 9.69 Å². The van der Waals surface area contributed by atoms with Crippen LogP contribution in [0.25, 0.3) is 10.9 Å². The molecule has 1 atom stereocenters. The fourth-order valence-electron chi connectivity index (χ4n) is 5.30. The van der Waals surface area contributed by atoms with E-state index in [0.29, 0.717) is 24.7 Å². The van der Waals surface area contributed by atoms with E-state index in [1.165, 1.54) is 15.8 Å². The predicted octanol–water partition coefficient (Wildman–Crippen LogP) is 5.49. The molecule has 1 saturated heterocycles. The van der Waals surface area contributed by atoms with E-state index in [1.54, 1.807) is 0 Å². The SMILES string of the molecule is O=C(CC1CCC(c2ccnc3ccccc23)CC1)N1C(=O)OC[C@H]1Cc1ccccc1. The number of aromatic nitrogens is 1. The van der Waals surface area contributed by atoms with Crippen LogP contribution in [-0.2, 0) is 16.0 Å². The second-order valence-corrected chi connectivity index (χ2v) is 9.02. The van der Waals surface area contributed by atoms with Gasteiger partial charge in [-0.1, -0.05) is 48.5 Å². The zero-order chi connectivity index (χ0) is 21.9. The van der Waals surface area contributed by atoms with E-state index in [9.17, 15) is 9.59 Å². The first-order valence-electron chi connectivity index (χ1n) is 11.6. The molecule has 3 aromatic rings. The Kier molecular flexibility index (Phi) is 5.89. The summed E-state index contributed by atoms with van der Waals surface area (Å²) in [7, 11) is 0. The number of hydrogen-bond donors (Lipinski definition) is 0. The normalized spacial score (nSPS) is 23.3. The number of carbonyl (C=O) groups excluding carboxylic acids is 2. The molecule has 32 heavy (non-hydrogen) atoms. The summed E-state index contributed by atoms with van der Waals surface area (Å²) >= 11 is 0. The van der Waals surface area contributed by atoms with E-state index in [1.807, 2.05) is 42.6 Å². The first-order valence-corrected chi connectivity index (χ1v) is 11.6. The van der Waals surface area contributed by atoms with Gasteiger partial charge in [0, 0.05) is 18.0 Å². The van der Waals surface area contributed by atoms with Gasteiger partial charge in [0.15, 0.2) is 0 Å². The Balaban J connectivity index is 1.21. The molecule has 2 aliphatic rings. The van der Waals surface area contributed by atoms with Crippen molar-refractivity contribution in [3.8, 4) is 0 Å². The average Bonchev–Trinajstić information content (AvgIpc) is 3.20. The molecule has 1 aromatic heterocycles. The number of amides is 2. The van der Waals surface area contributed by atoms with Gasteiger partial charge in [0.1, 0.15) is 6.61 Å². The molecule has 0 unspecified atom stereocenters.